The molecule has 0 saturated carbocycles. The van der Waals surface area contributed by atoms with Crippen LogP contribution < -0.4 is 15.4 Å². The molecule has 0 aliphatic heterocycles. The molecule has 3 rings (SSSR count). The molecule has 2 atom stereocenters. The fourth-order valence-electron chi connectivity index (χ4n) is 3.59. The van der Waals surface area contributed by atoms with Crippen LogP contribution in [0.3, 0.4) is 0 Å². The van der Waals surface area contributed by atoms with Gasteiger partial charge < -0.3 is 30.0 Å². The average Bonchev–Trinajstić information content (AvgIpc) is 2.89. The predicted octanol–water partition coefficient (Wildman–Crippen LogP) is 3.70. The summed E-state index contributed by atoms with van der Waals surface area (Å²) in [6.07, 6.45) is -0.925. The first-order valence-corrected chi connectivity index (χ1v) is 11.7. The average molecular weight is 479 g/mol. The number of alkyl carbamates (subject to hydrolysis) is 1. The van der Waals surface area contributed by atoms with E-state index >= 15 is 0 Å². The van der Waals surface area contributed by atoms with Crippen LogP contribution in [-0.4, -0.2) is 50.2 Å². The van der Waals surface area contributed by atoms with Gasteiger partial charge >= 0.3 is 6.09 Å². The molecule has 0 aliphatic carbocycles. The third kappa shape index (κ3) is 9.78. The summed E-state index contributed by atoms with van der Waals surface area (Å²) in [5.74, 6) is 0.781. The molecule has 3 N–H and O–H groups in total. The van der Waals surface area contributed by atoms with Crippen molar-refractivity contribution in [2.75, 3.05) is 26.9 Å². The molecular formula is C28H34N2O5. The number of aliphatic hydroxyl groups excluding tert-OH is 1. The predicted molar refractivity (Wildman–Crippen MR) is 135 cm³/mol. The van der Waals surface area contributed by atoms with Crippen molar-refractivity contribution in [3.8, 4) is 5.75 Å². The van der Waals surface area contributed by atoms with Crippen molar-refractivity contribution in [2.45, 2.75) is 31.7 Å². The van der Waals surface area contributed by atoms with E-state index in [0.717, 1.165) is 22.4 Å². The van der Waals surface area contributed by atoms with E-state index in [1.807, 2.05) is 84.9 Å². The Hall–Kier alpha value is -3.39. The van der Waals surface area contributed by atoms with Gasteiger partial charge in [0.25, 0.3) is 0 Å². The number of aliphatic hydroxyl groups is 1. The second kappa shape index (κ2) is 14.8. The van der Waals surface area contributed by atoms with Gasteiger partial charge in [-0.3, -0.25) is 0 Å². The van der Waals surface area contributed by atoms with E-state index in [0.29, 0.717) is 26.1 Å². The summed E-state index contributed by atoms with van der Waals surface area (Å²) in [6.45, 7) is 1.74. The Morgan fingerprint density at radius 2 is 1.57 bits per heavy atom. The first kappa shape index (κ1) is 26.2. The highest BCUT2D eigenvalue weighted by Gasteiger charge is 2.22. The van der Waals surface area contributed by atoms with Crippen LogP contribution in [0.4, 0.5) is 4.79 Å². The second-order valence-corrected chi connectivity index (χ2v) is 8.16. The number of methoxy groups -OCH3 is 1. The largest absolute Gasteiger partial charge is 0.497 e. The smallest absolute Gasteiger partial charge is 0.407 e. The highest BCUT2D eigenvalue weighted by Crippen LogP contribution is 2.12. The van der Waals surface area contributed by atoms with E-state index < -0.39 is 18.2 Å². The van der Waals surface area contributed by atoms with Crippen LogP contribution in [0.25, 0.3) is 0 Å². The van der Waals surface area contributed by atoms with Crippen LogP contribution in [0, 0.1) is 0 Å². The lowest BCUT2D eigenvalue weighted by Crippen LogP contribution is -2.49. The fraction of sp³-hybridized carbons (Fsp3) is 0.321. The van der Waals surface area contributed by atoms with E-state index in [4.69, 9.17) is 14.2 Å². The monoisotopic (exact) mass is 478 g/mol. The van der Waals surface area contributed by atoms with Crippen molar-refractivity contribution in [2.24, 2.45) is 0 Å². The van der Waals surface area contributed by atoms with Gasteiger partial charge in [0.15, 0.2) is 0 Å². The Kier molecular flexibility index (Phi) is 11.1. The van der Waals surface area contributed by atoms with Crippen molar-refractivity contribution < 1.29 is 24.1 Å². The highest BCUT2D eigenvalue weighted by atomic mass is 16.6. The summed E-state index contributed by atoms with van der Waals surface area (Å²) in [4.78, 5) is 12.4. The molecule has 7 heteroatoms. The number of benzene rings is 3. The normalized spacial score (nSPS) is 12.5. The standard InChI is InChI=1S/C28H34N2O5/c1-33-25-14-8-13-24(17-25)19-29-20-27(31)26(18-22-9-4-2-5-10-22)30-28(32)35-16-15-34-21-23-11-6-3-7-12-23/h2-14,17,26-27,29,31H,15-16,18-21H2,1H3,(H,30,32)/t26-,27+/m0/s1. The molecule has 3 aromatic carbocycles. The van der Waals surface area contributed by atoms with Crippen molar-refractivity contribution in [1.82, 2.24) is 10.6 Å². The molecule has 7 nitrogen and oxygen atoms in total. The van der Waals surface area contributed by atoms with E-state index in [2.05, 4.69) is 10.6 Å². The molecule has 0 radical (unpaired) electrons. The Balaban J connectivity index is 1.46. The Morgan fingerprint density at radius 1 is 0.886 bits per heavy atom. The van der Waals surface area contributed by atoms with Crippen LogP contribution in [-0.2, 0) is 29.0 Å². The fourth-order valence-corrected chi connectivity index (χ4v) is 3.59. The molecule has 0 fully saturated rings. The van der Waals surface area contributed by atoms with Gasteiger partial charge in [-0.15, -0.1) is 0 Å². The molecule has 186 valence electrons. The van der Waals surface area contributed by atoms with E-state index in [1.54, 1.807) is 7.11 Å². The highest BCUT2D eigenvalue weighted by molar-refractivity contribution is 5.67. The van der Waals surface area contributed by atoms with Crippen LogP contribution in [0.5, 0.6) is 5.75 Å². The summed E-state index contributed by atoms with van der Waals surface area (Å²) in [6, 6.07) is 26.7. The molecule has 3 aromatic rings. The third-order valence-corrected chi connectivity index (χ3v) is 5.46. The molecular weight excluding hydrogens is 444 g/mol. The Bertz CT molecular complexity index is 1000. The molecule has 0 aromatic heterocycles. The van der Waals surface area contributed by atoms with Crippen molar-refractivity contribution in [3.63, 3.8) is 0 Å². The number of amides is 1. The van der Waals surface area contributed by atoms with Crippen LogP contribution in [0.15, 0.2) is 84.9 Å². The minimum absolute atomic E-state index is 0.126. The summed E-state index contributed by atoms with van der Waals surface area (Å²) < 4.78 is 16.1. The maximum absolute atomic E-state index is 12.4. The topological polar surface area (TPSA) is 89.1 Å². The second-order valence-electron chi connectivity index (χ2n) is 8.16. The number of carbonyl (C=O) groups excluding carboxylic acids is 1. The van der Waals surface area contributed by atoms with E-state index in [-0.39, 0.29) is 13.2 Å². The van der Waals surface area contributed by atoms with Gasteiger partial charge in [0.1, 0.15) is 12.4 Å². The van der Waals surface area contributed by atoms with Crippen molar-refractivity contribution in [3.05, 3.63) is 102 Å². The van der Waals surface area contributed by atoms with Gasteiger partial charge in [-0.25, -0.2) is 4.79 Å². The van der Waals surface area contributed by atoms with E-state index in [1.165, 1.54) is 0 Å². The van der Waals surface area contributed by atoms with Gasteiger partial charge in [-0.05, 0) is 35.2 Å². The van der Waals surface area contributed by atoms with E-state index in [9.17, 15) is 9.90 Å². The Morgan fingerprint density at radius 3 is 2.29 bits per heavy atom. The maximum Gasteiger partial charge on any atom is 0.407 e. The quantitative estimate of drug-likeness (QED) is 0.306. The lowest BCUT2D eigenvalue weighted by Gasteiger charge is -2.24. The van der Waals surface area contributed by atoms with Gasteiger partial charge in [0.2, 0.25) is 0 Å². The molecule has 1 amide bonds. The number of hydrogen-bond acceptors (Lipinski definition) is 6. The number of hydrogen-bond donors (Lipinski definition) is 3. The van der Waals surface area contributed by atoms with Crippen LogP contribution >= 0.6 is 0 Å². The minimum Gasteiger partial charge on any atom is -0.497 e. The number of ether oxygens (including phenoxy) is 3. The molecule has 0 heterocycles. The molecule has 0 bridgehead atoms. The first-order chi connectivity index (χ1) is 17.1. The van der Waals surface area contributed by atoms with Gasteiger partial charge in [-0.1, -0.05) is 72.8 Å². The third-order valence-electron chi connectivity index (χ3n) is 5.46. The van der Waals surface area contributed by atoms with Crippen molar-refractivity contribution >= 4 is 6.09 Å². The summed E-state index contributed by atoms with van der Waals surface area (Å²) in [5.41, 5.74) is 3.11. The first-order valence-electron chi connectivity index (χ1n) is 11.7. The van der Waals surface area contributed by atoms with Gasteiger partial charge in [0, 0.05) is 13.1 Å². The summed E-state index contributed by atoms with van der Waals surface area (Å²) >= 11 is 0. The lowest BCUT2D eigenvalue weighted by molar-refractivity contribution is 0.0584. The zero-order valence-electron chi connectivity index (χ0n) is 20.1. The molecule has 0 aliphatic rings. The zero-order chi connectivity index (χ0) is 24.7. The summed E-state index contributed by atoms with van der Waals surface area (Å²) in [7, 11) is 1.63. The minimum atomic E-state index is -0.817. The lowest BCUT2D eigenvalue weighted by atomic mass is 10.0. The van der Waals surface area contributed by atoms with Crippen LogP contribution in [0.2, 0.25) is 0 Å². The molecule has 0 saturated heterocycles. The Labute approximate surface area is 207 Å². The van der Waals surface area contributed by atoms with Gasteiger partial charge in [-0.2, -0.15) is 0 Å². The molecule has 35 heavy (non-hydrogen) atoms. The maximum atomic E-state index is 12.4. The summed E-state index contributed by atoms with van der Waals surface area (Å²) in [5, 5.41) is 16.9. The number of rotatable bonds is 14. The number of nitrogens with one attached hydrogen (secondary N) is 2. The molecule has 0 unspecified atom stereocenters. The molecule has 0 spiro atoms. The SMILES string of the molecule is COc1cccc(CNC[C@@H](O)[C@H](Cc2ccccc2)NC(=O)OCCOCc2ccccc2)c1. The van der Waals surface area contributed by atoms with Gasteiger partial charge in [0.05, 0.1) is 32.5 Å². The zero-order valence-corrected chi connectivity index (χ0v) is 20.1. The number of carbonyl (C=O) groups is 1. The van der Waals surface area contributed by atoms with Crippen molar-refractivity contribution in [1.29, 1.82) is 0 Å². The van der Waals surface area contributed by atoms with Crippen LogP contribution in [0.1, 0.15) is 16.7 Å².